The summed E-state index contributed by atoms with van der Waals surface area (Å²) in [5.41, 5.74) is 1.81. The molecule has 2 aliphatic rings. The molecule has 1 aromatic rings. The van der Waals surface area contributed by atoms with Gasteiger partial charge in [0.05, 0.1) is 5.69 Å². The van der Waals surface area contributed by atoms with Crippen LogP contribution >= 0.6 is 0 Å². The van der Waals surface area contributed by atoms with Gasteiger partial charge in [0.2, 0.25) is 5.91 Å². The Labute approximate surface area is 148 Å². The second-order valence-corrected chi connectivity index (χ2v) is 7.13. The zero-order valence-electron chi connectivity index (χ0n) is 15.0. The lowest BCUT2D eigenvalue weighted by Gasteiger charge is -2.27. The number of rotatable bonds is 2. The first-order chi connectivity index (χ1) is 12.0. The maximum atomic E-state index is 14.2. The van der Waals surface area contributed by atoms with Crippen LogP contribution in [0.2, 0.25) is 0 Å². The molecule has 0 aromatic heterocycles. The van der Waals surface area contributed by atoms with Crippen LogP contribution in [-0.4, -0.2) is 47.4 Å². The predicted molar refractivity (Wildman–Crippen MR) is 95.1 cm³/mol. The number of halogens is 1. The fourth-order valence-corrected chi connectivity index (χ4v) is 3.91. The summed E-state index contributed by atoms with van der Waals surface area (Å²) in [6.07, 6.45) is 4.15. The van der Waals surface area contributed by atoms with Crippen LogP contribution in [0.4, 0.5) is 14.9 Å². The summed E-state index contributed by atoms with van der Waals surface area (Å²) in [6.45, 7) is 5.69. The van der Waals surface area contributed by atoms with Crippen LogP contribution in [0.15, 0.2) is 12.1 Å². The average Bonchev–Trinajstić information content (AvgIpc) is 2.83. The van der Waals surface area contributed by atoms with Gasteiger partial charge in [-0.15, -0.1) is 0 Å². The molecule has 2 fully saturated rings. The Morgan fingerprint density at radius 2 is 1.96 bits per heavy atom. The van der Waals surface area contributed by atoms with Gasteiger partial charge in [-0.1, -0.05) is 6.07 Å². The second kappa shape index (κ2) is 7.42. The van der Waals surface area contributed by atoms with Crippen molar-refractivity contribution in [1.29, 1.82) is 0 Å². The van der Waals surface area contributed by atoms with Gasteiger partial charge in [-0.25, -0.2) is 9.18 Å². The van der Waals surface area contributed by atoms with E-state index >= 15 is 0 Å². The largest absolute Gasteiger partial charge is 0.340 e. The van der Waals surface area contributed by atoms with Crippen molar-refractivity contribution < 1.29 is 14.0 Å². The van der Waals surface area contributed by atoms with Crippen molar-refractivity contribution in [1.82, 2.24) is 9.80 Å². The van der Waals surface area contributed by atoms with E-state index in [0.717, 1.165) is 43.4 Å². The van der Waals surface area contributed by atoms with Gasteiger partial charge < -0.3 is 15.1 Å². The van der Waals surface area contributed by atoms with E-state index < -0.39 is 5.82 Å². The average molecular weight is 347 g/mol. The van der Waals surface area contributed by atoms with Crippen molar-refractivity contribution >= 4 is 17.6 Å². The number of hydrogen-bond donors (Lipinski definition) is 1. The van der Waals surface area contributed by atoms with E-state index in [9.17, 15) is 14.0 Å². The quantitative estimate of drug-likeness (QED) is 0.891. The molecule has 2 saturated heterocycles. The number of benzene rings is 1. The van der Waals surface area contributed by atoms with Crippen molar-refractivity contribution in [2.75, 3.05) is 25.0 Å². The molecule has 1 atom stereocenters. The molecule has 1 aromatic carbocycles. The van der Waals surface area contributed by atoms with Gasteiger partial charge in [0.25, 0.3) is 0 Å². The van der Waals surface area contributed by atoms with E-state index in [1.807, 2.05) is 17.9 Å². The molecule has 2 heterocycles. The summed E-state index contributed by atoms with van der Waals surface area (Å²) in [7, 11) is 0. The number of carbonyl (C=O) groups excluding carboxylic acids is 2. The lowest BCUT2D eigenvalue weighted by Crippen LogP contribution is -2.39. The maximum absolute atomic E-state index is 14.2. The monoisotopic (exact) mass is 347 g/mol. The highest BCUT2D eigenvalue weighted by molar-refractivity contribution is 5.90. The summed E-state index contributed by atoms with van der Waals surface area (Å²) < 4.78 is 14.2. The molecule has 1 unspecified atom stereocenters. The number of hydrogen-bond acceptors (Lipinski definition) is 2. The molecule has 5 nitrogen and oxygen atoms in total. The minimum Gasteiger partial charge on any atom is -0.340 e. The Kier molecular flexibility index (Phi) is 5.25. The second-order valence-electron chi connectivity index (χ2n) is 7.13. The minimum atomic E-state index is -0.402. The molecule has 3 amide bonds. The number of carbonyl (C=O) groups is 2. The van der Waals surface area contributed by atoms with E-state index in [0.29, 0.717) is 19.5 Å². The molecule has 1 N–H and O–H groups in total. The van der Waals surface area contributed by atoms with Crippen LogP contribution in [0.25, 0.3) is 0 Å². The fourth-order valence-electron chi connectivity index (χ4n) is 3.91. The summed E-state index contributed by atoms with van der Waals surface area (Å²) in [5.74, 6) is -0.165. The molecule has 0 radical (unpaired) electrons. The number of urea groups is 1. The summed E-state index contributed by atoms with van der Waals surface area (Å²) in [4.78, 5) is 28.2. The summed E-state index contributed by atoms with van der Waals surface area (Å²) in [5, 5.41) is 2.73. The topological polar surface area (TPSA) is 52.7 Å². The minimum absolute atomic E-state index is 0.227. The Bertz CT molecular complexity index is 654. The molecule has 0 saturated carbocycles. The van der Waals surface area contributed by atoms with E-state index in [2.05, 4.69) is 5.32 Å². The van der Waals surface area contributed by atoms with E-state index in [1.165, 1.54) is 6.07 Å². The SMILES string of the molecule is Cc1cc(C)c(NC(=O)N2CCCC(N3CCCC3=O)CC2)c(F)c1. The standard InChI is InChI=1S/C19H26FN3O2/c1-13-11-14(2)18(16(20)12-13)21-19(25)22-8-3-5-15(7-10-22)23-9-4-6-17(23)24/h11-12,15H,3-10H2,1-2H3,(H,21,25). The number of aryl methyl sites for hydroxylation is 2. The third kappa shape index (κ3) is 3.94. The van der Waals surface area contributed by atoms with Gasteiger partial charge in [0, 0.05) is 32.1 Å². The predicted octanol–water partition coefficient (Wildman–Crippen LogP) is 3.45. The molecule has 136 valence electrons. The number of nitrogens with one attached hydrogen (secondary N) is 1. The molecule has 0 bridgehead atoms. The number of likely N-dealkylation sites (tertiary alicyclic amines) is 2. The van der Waals surface area contributed by atoms with Crippen molar-refractivity contribution in [3.8, 4) is 0 Å². The Balaban J connectivity index is 1.63. The van der Waals surface area contributed by atoms with Crippen molar-refractivity contribution in [3.05, 3.63) is 29.1 Å². The third-order valence-electron chi connectivity index (χ3n) is 5.20. The summed E-state index contributed by atoms with van der Waals surface area (Å²) in [6, 6.07) is 3.25. The fraction of sp³-hybridized carbons (Fsp3) is 0.579. The lowest BCUT2D eigenvalue weighted by atomic mass is 10.1. The molecule has 2 aliphatic heterocycles. The van der Waals surface area contributed by atoms with Gasteiger partial charge in [0.1, 0.15) is 5.82 Å². The Hall–Kier alpha value is -2.11. The van der Waals surface area contributed by atoms with Gasteiger partial charge in [-0.2, -0.15) is 0 Å². The molecular formula is C19H26FN3O2. The molecule has 25 heavy (non-hydrogen) atoms. The van der Waals surface area contributed by atoms with Crippen LogP contribution in [0, 0.1) is 19.7 Å². The lowest BCUT2D eigenvalue weighted by molar-refractivity contribution is -0.129. The molecule has 3 rings (SSSR count). The molecule has 6 heteroatoms. The smallest absolute Gasteiger partial charge is 0.321 e. The van der Waals surface area contributed by atoms with Crippen LogP contribution in [0.1, 0.15) is 43.2 Å². The Morgan fingerprint density at radius 1 is 1.16 bits per heavy atom. The first kappa shape index (κ1) is 17.7. The normalized spacial score (nSPS) is 21.4. The van der Waals surface area contributed by atoms with Crippen molar-refractivity contribution in [2.45, 2.75) is 52.0 Å². The first-order valence-electron chi connectivity index (χ1n) is 9.08. The van der Waals surface area contributed by atoms with Crippen LogP contribution in [0.3, 0.4) is 0 Å². The zero-order chi connectivity index (χ0) is 18.0. The van der Waals surface area contributed by atoms with Crippen molar-refractivity contribution in [3.63, 3.8) is 0 Å². The number of amides is 3. The van der Waals surface area contributed by atoms with Gasteiger partial charge in [-0.05, 0) is 56.7 Å². The first-order valence-corrected chi connectivity index (χ1v) is 9.08. The van der Waals surface area contributed by atoms with Gasteiger partial charge >= 0.3 is 6.03 Å². The molecule has 0 aliphatic carbocycles. The third-order valence-corrected chi connectivity index (χ3v) is 5.20. The highest BCUT2D eigenvalue weighted by Crippen LogP contribution is 2.24. The van der Waals surface area contributed by atoms with Crippen LogP contribution < -0.4 is 5.32 Å². The van der Waals surface area contributed by atoms with Crippen LogP contribution in [0.5, 0.6) is 0 Å². The number of nitrogens with zero attached hydrogens (tertiary/aromatic N) is 2. The highest BCUT2D eigenvalue weighted by atomic mass is 19.1. The van der Waals surface area contributed by atoms with E-state index in [4.69, 9.17) is 0 Å². The van der Waals surface area contributed by atoms with Crippen molar-refractivity contribution in [2.24, 2.45) is 0 Å². The van der Waals surface area contributed by atoms with Gasteiger partial charge in [-0.3, -0.25) is 4.79 Å². The molecular weight excluding hydrogens is 321 g/mol. The maximum Gasteiger partial charge on any atom is 0.321 e. The molecule has 0 spiro atoms. The zero-order valence-corrected chi connectivity index (χ0v) is 15.0. The number of anilines is 1. The summed E-state index contributed by atoms with van der Waals surface area (Å²) >= 11 is 0. The van der Waals surface area contributed by atoms with E-state index in [-0.39, 0.29) is 23.7 Å². The highest BCUT2D eigenvalue weighted by Gasteiger charge is 2.30. The van der Waals surface area contributed by atoms with E-state index in [1.54, 1.807) is 11.8 Å². The van der Waals surface area contributed by atoms with Crippen LogP contribution in [-0.2, 0) is 4.79 Å². The van der Waals surface area contributed by atoms with Gasteiger partial charge in [0.15, 0.2) is 0 Å². The Morgan fingerprint density at radius 3 is 2.64 bits per heavy atom.